The number of amides is 3. The van der Waals surface area contributed by atoms with Gasteiger partial charge in [-0.3, -0.25) is 25.2 Å². The SMILES string of the molecule is O=C(/C=C/c1ccc(O)c(O)c1)N[C@@H](Cc1c[nH]c2ccccc12)C(=O)NNC(=O)c1ccccc1O. The number of aromatic nitrogens is 1. The average Bonchev–Trinajstić information content (AvgIpc) is 3.30. The number of carbonyl (C=O) groups is 3. The number of benzene rings is 3. The number of hydrogen-bond donors (Lipinski definition) is 7. The molecule has 0 aliphatic rings. The third-order valence-electron chi connectivity index (χ3n) is 5.61. The second-order valence-corrected chi connectivity index (χ2v) is 8.17. The molecule has 1 heterocycles. The Balaban J connectivity index is 1.49. The molecule has 0 fully saturated rings. The fourth-order valence-electron chi connectivity index (χ4n) is 3.70. The first-order valence-corrected chi connectivity index (χ1v) is 11.3. The van der Waals surface area contributed by atoms with Crippen molar-refractivity contribution in [3.63, 3.8) is 0 Å². The van der Waals surface area contributed by atoms with Gasteiger partial charge in [0.1, 0.15) is 11.8 Å². The molecule has 1 aromatic heterocycles. The van der Waals surface area contributed by atoms with Crippen molar-refractivity contribution in [2.45, 2.75) is 12.5 Å². The van der Waals surface area contributed by atoms with Crippen LogP contribution in [0.2, 0.25) is 0 Å². The molecule has 3 amide bonds. The van der Waals surface area contributed by atoms with Crippen LogP contribution in [0.4, 0.5) is 0 Å². The molecule has 7 N–H and O–H groups in total. The molecule has 10 heteroatoms. The molecule has 0 spiro atoms. The van der Waals surface area contributed by atoms with Crippen molar-refractivity contribution < 1.29 is 29.7 Å². The van der Waals surface area contributed by atoms with Gasteiger partial charge in [-0.05, 0) is 47.5 Å². The van der Waals surface area contributed by atoms with Crippen LogP contribution >= 0.6 is 0 Å². The normalized spacial score (nSPS) is 11.8. The Bertz CT molecular complexity index is 1490. The summed E-state index contributed by atoms with van der Waals surface area (Å²) < 4.78 is 0. The molecular weight excluding hydrogens is 476 g/mol. The minimum Gasteiger partial charge on any atom is -0.507 e. The number of nitrogens with one attached hydrogen (secondary N) is 4. The van der Waals surface area contributed by atoms with Crippen LogP contribution in [-0.2, 0) is 16.0 Å². The maximum atomic E-state index is 13.0. The number of hydrogen-bond acceptors (Lipinski definition) is 6. The van der Waals surface area contributed by atoms with E-state index in [9.17, 15) is 29.7 Å². The highest BCUT2D eigenvalue weighted by Gasteiger charge is 2.23. The molecule has 0 saturated carbocycles. The summed E-state index contributed by atoms with van der Waals surface area (Å²) in [6.07, 6.45) is 4.45. The van der Waals surface area contributed by atoms with Gasteiger partial charge in [0.05, 0.1) is 5.56 Å². The number of aromatic hydroxyl groups is 3. The van der Waals surface area contributed by atoms with E-state index in [4.69, 9.17) is 0 Å². The first-order chi connectivity index (χ1) is 17.8. The molecule has 0 radical (unpaired) electrons. The van der Waals surface area contributed by atoms with E-state index in [-0.39, 0.29) is 29.2 Å². The number of H-pyrrole nitrogens is 1. The number of fused-ring (bicyclic) bond motifs is 1. The van der Waals surface area contributed by atoms with Crippen molar-refractivity contribution in [2.24, 2.45) is 0 Å². The summed E-state index contributed by atoms with van der Waals surface area (Å²) in [6.45, 7) is 0. The summed E-state index contributed by atoms with van der Waals surface area (Å²) in [4.78, 5) is 41.2. The lowest BCUT2D eigenvalue weighted by Gasteiger charge is -2.18. The van der Waals surface area contributed by atoms with Gasteiger partial charge in [-0.1, -0.05) is 36.4 Å². The van der Waals surface area contributed by atoms with Crippen LogP contribution in [0.5, 0.6) is 17.2 Å². The van der Waals surface area contributed by atoms with E-state index in [0.717, 1.165) is 16.5 Å². The summed E-state index contributed by atoms with van der Waals surface area (Å²) in [5.41, 5.74) is 6.62. The molecule has 0 aliphatic carbocycles. The van der Waals surface area contributed by atoms with Gasteiger partial charge in [0.25, 0.3) is 11.8 Å². The first-order valence-electron chi connectivity index (χ1n) is 11.3. The van der Waals surface area contributed by atoms with E-state index in [1.165, 1.54) is 42.5 Å². The number of phenols is 3. The van der Waals surface area contributed by atoms with Crippen LogP contribution in [0.15, 0.2) is 79.0 Å². The molecular formula is C27H24N4O6. The number of para-hydroxylation sites is 2. The zero-order valence-corrected chi connectivity index (χ0v) is 19.4. The molecule has 188 valence electrons. The zero-order chi connectivity index (χ0) is 26.4. The lowest BCUT2D eigenvalue weighted by Crippen LogP contribution is -2.53. The van der Waals surface area contributed by atoms with Gasteiger partial charge in [0.15, 0.2) is 11.5 Å². The molecule has 0 bridgehead atoms. The molecule has 1 atom stereocenters. The van der Waals surface area contributed by atoms with E-state index < -0.39 is 23.8 Å². The molecule has 3 aromatic carbocycles. The predicted molar refractivity (Wildman–Crippen MR) is 136 cm³/mol. The fourth-order valence-corrected chi connectivity index (χ4v) is 3.70. The van der Waals surface area contributed by atoms with Crippen LogP contribution in [0, 0.1) is 0 Å². The Morgan fingerprint density at radius 2 is 1.62 bits per heavy atom. The minimum absolute atomic E-state index is 0.0277. The maximum absolute atomic E-state index is 13.0. The smallest absolute Gasteiger partial charge is 0.273 e. The molecule has 4 rings (SSSR count). The molecule has 4 aromatic rings. The van der Waals surface area contributed by atoms with E-state index in [1.54, 1.807) is 18.3 Å². The van der Waals surface area contributed by atoms with Crippen LogP contribution in [-0.4, -0.2) is 44.1 Å². The van der Waals surface area contributed by atoms with Crippen molar-refractivity contribution in [2.75, 3.05) is 0 Å². The second-order valence-electron chi connectivity index (χ2n) is 8.17. The van der Waals surface area contributed by atoms with Crippen LogP contribution in [0.1, 0.15) is 21.5 Å². The lowest BCUT2D eigenvalue weighted by molar-refractivity contribution is -0.127. The largest absolute Gasteiger partial charge is 0.507 e. The van der Waals surface area contributed by atoms with Gasteiger partial charge in [-0.15, -0.1) is 0 Å². The van der Waals surface area contributed by atoms with Gasteiger partial charge in [0.2, 0.25) is 5.91 Å². The zero-order valence-electron chi connectivity index (χ0n) is 19.4. The van der Waals surface area contributed by atoms with Crippen LogP contribution in [0.25, 0.3) is 17.0 Å². The highest BCUT2D eigenvalue weighted by molar-refractivity contribution is 5.99. The summed E-state index contributed by atoms with van der Waals surface area (Å²) in [5.74, 6) is -2.88. The first kappa shape index (κ1) is 24.9. The standard InChI is InChI=1S/C27H24N4O6/c32-22-8-4-2-6-19(22)26(36)30-31-27(37)21(14-17-15-28-20-7-3-1-5-18(17)20)29-25(35)12-10-16-9-11-23(33)24(34)13-16/h1-13,15,21,28,32-34H,14H2,(H,29,35)(H,30,36)(H,31,37)/b12-10+/t21-/m0/s1. The van der Waals surface area contributed by atoms with E-state index in [1.807, 2.05) is 24.3 Å². The molecule has 10 nitrogen and oxygen atoms in total. The maximum Gasteiger partial charge on any atom is 0.273 e. The van der Waals surface area contributed by atoms with Gasteiger partial charge >= 0.3 is 0 Å². The van der Waals surface area contributed by atoms with Crippen LogP contribution < -0.4 is 16.2 Å². The topological polar surface area (TPSA) is 164 Å². The van der Waals surface area contributed by atoms with Gasteiger partial charge in [-0.2, -0.15) is 0 Å². The van der Waals surface area contributed by atoms with E-state index >= 15 is 0 Å². The molecule has 0 saturated heterocycles. The Morgan fingerprint density at radius 3 is 2.41 bits per heavy atom. The van der Waals surface area contributed by atoms with Gasteiger partial charge < -0.3 is 25.6 Å². The van der Waals surface area contributed by atoms with Crippen molar-refractivity contribution >= 4 is 34.7 Å². The van der Waals surface area contributed by atoms with Crippen molar-refractivity contribution in [3.05, 3.63) is 95.7 Å². The quantitative estimate of drug-likeness (QED) is 0.117. The second kappa shape index (κ2) is 11.0. The Morgan fingerprint density at radius 1 is 0.865 bits per heavy atom. The van der Waals surface area contributed by atoms with Gasteiger partial charge in [0, 0.05) is 29.6 Å². The summed E-state index contributed by atoms with van der Waals surface area (Å²) in [6, 6.07) is 16.4. The van der Waals surface area contributed by atoms with Crippen molar-refractivity contribution in [1.82, 2.24) is 21.2 Å². The van der Waals surface area contributed by atoms with Crippen molar-refractivity contribution in [1.29, 1.82) is 0 Å². The lowest BCUT2D eigenvalue weighted by atomic mass is 10.0. The summed E-state index contributed by atoms with van der Waals surface area (Å²) in [5, 5.41) is 32.4. The Hall–Kier alpha value is -5.25. The average molecular weight is 501 g/mol. The monoisotopic (exact) mass is 500 g/mol. The van der Waals surface area contributed by atoms with Crippen molar-refractivity contribution in [3.8, 4) is 17.2 Å². The Labute approximate surface area is 211 Å². The number of hydrazine groups is 1. The molecule has 0 aliphatic heterocycles. The van der Waals surface area contributed by atoms with Crippen LogP contribution in [0.3, 0.4) is 0 Å². The number of rotatable bonds is 7. The van der Waals surface area contributed by atoms with Gasteiger partial charge in [-0.25, -0.2) is 0 Å². The highest BCUT2D eigenvalue weighted by atomic mass is 16.3. The Kier molecular flexibility index (Phi) is 7.39. The fraction of sp³-hybridized carbons (Fsp3) is 0.0741. The molecule has 0 unspecified atom stereocenters. The van der Waals surface area contributed by atoms with E-state index in [0.29, 0.717) is 5.56 Å². The predicted octanol–water partition coefficient (Wildman–Crippen LogP) is 2.49. The highest BCUT2D eigenvalue weighted by Crippen LogP contribution is 2.25. The number of phenolic OH excluding ortho intramolecular Hbond substituents is 3. The number of aromatic amines is 1. The van der Waals surface area contributed by atoms with E-state index in [2.05, 4.69) is 21.2 Å². The minimum atomic E-state index is -1.07. The summed E-state index contributed by atoms with van der Waals surface area (Å²) >= 11 is 0. The summed E-state index contributed by atoms with van der Waals surface area (Å²) in [7, 11) is 0. The third-order valence-corrected chi connectivity index (χ3v) is 5.61. The molecule has 37 heavy (non-hydrogen) atoms. The third kappa shape index (κ3) is 6.06. The number of carbonyl (C=O) groups excluding carboxylic acids is 3.